The van der Waals surface area contributed by atoms with E-state index in [9.17, 15) is 9.90 Å². The van der Waals surface area contributed by atoms with Gasteiger partial charge in [-0.15, -0.1) is 0 Å². The molecule has 1 atom stereocenters. The van der Waals surface area contributed by atoms with Gasteiger partial charge in [-0.2, -0.15) is 0 Å². The summed E-state index contributed by atoms with van der Waals surface area (Å²) in [6.07, 6.45) is 8.47. The Bertz CT molecular complexity index is 203. The summed E-state index contributed by atoms with van der Waals surface area (Å²) < 4.78 is 1.00. The van der Waals surface area contributed by atoms with Gasteiger partial charge in [0.05, 0.1) is 28.2 Å². The molecule has 0 bridgehead atoms. The first-order valence-corrected chi connectivity index (χ1v) is 7.72. The minimum atomic E-state index is -0.859. The molecule has 0 fully saturated rings. The minimum Gasteiger partial charge on any atom is -0.550 e. The second-order valence-corrected chi connectivity index (χ2v) is 6.69. The van der Waals surface area contributed by atoms with E-state index in [4.69, 9.17) is 0 Å². The molecule has 3 heteroatoms. The molecule has 116 valence electrons. The fourth-order valence-corrected chi connectivity index (χ4v) is 1.72. The molecule has 19 heavy (non-hydrogen) atoms. The third-order valence-corrected chi connectivity index (χ3v) is 2.63. The van der Waals surface area contributed by atoms with Crippen molar-refractivity contribution in [2.45, 2.75) is 65.2 Å². The first kappa shape index (κ1) is 20.7. The van der Waals surface area contributed by atoms with Crippen LogP contribution >= 0.6 is 0 Å². The number of carboxylic acids is 1. The second-order valence-electron chi connectivity index (χ2n) is 6.69. The maximum absolute atomic E-state index is 10.7. The molecular formula is C16H35NO2. The van der Waals surface area contributed by atoms with Gasteiger partial charge in [0.15, 0.2) is 0 Å². The molecule has 0 amide bonds. The van der Waals surface area contributed by atoms with Crippen LogP contribution in [-0.2, 0) is 4.79 Å². The zero-order valence-electron chi connectivity index (χ0n) is 14.0. The van der Waals surface area contributed by atoms with Gasteiger partial charge >= 0.3 is 0 Å². The highest BCUT2D eigenvalue weighted by Gasteiger charge is 2.07. The Balaban J connectivity index is 0. The maximum atomic E-state index is 10.7. The Morgan fingerprint density at radius 2 is 1.37 bits per heavy atom. The first-order chi connectivity index (χ1) is 8.72. The van der Waals surface area contributed by atoms with E-state index < -0.39 is 5.97 Å². The third-order valence-electron chi connectivity index (χ3n) is 2.63. The summed E-state index contributed by atoms with van der Waals surface area (Å²) in [5, 5.41) is 10.7. The predicted octanol–water partition coefficient (Wildman–Crippen LogP) is 2.84. The Morgan fingerprint density at radius 3 is 1.74 bits per heavy atom. The highest BCUT2D eigenvalue weighted by Crippen LogP contribution is 2.15. The summed E-state index contributed by atoms with van der Waals surface area (Å²) in [4.78, 5) is 10.7. The predicted molar refractivity (Wildman–Crippen MR) is 80.7 cm³/mol. The lowest BCUT2D eigenvalue weighted by Gasteiger charge is -2.16. The van der Waals surface area contributed by atoms with Crippen LogP contribution in [0.2, 0.25) is 0 Å². The molecule has 0 aromatic carbocycles. The molecule has 0 aliphatic heterocycles. The average Bonchev–Trinajstić information content (AvgIpc) is 2.24. The first-order valence-electron chi connectivity index (χ1n) is 7.72. The molecule has 0 aliphatic rings. The number of unbranched alkanes of at least 4 members (excludes halogenated alkanes) is 4. The van der Waals surface area contributed by atoms with E-state index in [0.717, 1.165) is 30.2 Å². The quantitative estimate of drug-likeness (QED) is 0.479. The molecule has 0 aromatic heterocycles. The van der Waals surface area contributed by atoms with E-state index >= 15 is 0 Å². The average molecular weight is 273 g/mol. The molecule has 0 spiro atoms. The van der Waals surface area contributed by atoms with Crippen LogP contribution in [0.4, 0.5) is 0 Å². The fraction of sp³-hybridized carbons (Fsp3) is 0.938. The highest BCUT2D eigenvalue weighted by molar-refractivity contribution is 5.67. The van der Waals surface area contributed by atoms with Gasteiger partial charge < -0.3 is 14.4 Å². The lowest BCUT2D eigenvalue weighted by molar-refractivity contribution is -0.849. The molecule has 3 nitrogen and oxygen atoms in total. The van der Waals surface area contributed by atoms with Crippen LogP contribution in [0, 0.1) is 5.92 Å². The SMILES string of the molecule is CCCCCCCC(CCC)C(=O)[O-].C[N+](C)(C)C. The number of quaternary nitrogens is 1. The van der Waals surface area contributed by atoms with E-state index in [1.54, 1.807) is 0 Å². The van der Waals surface area contributed by atoms with Crippen molar-refractivity contribution in [3.8, 4) is 0 Å². The van der Waals surface area contributed by atoms with Crippen LogP contribution in [0.1, 0.15) is 65.2 Å². The van der Waals surface area contributed by atoms with E-state index in [0.29, 0.717) is 0 Å². The zero-order chi connectivity index (χ0) is 15.3. The Morgan fingerprint density at radius 1 is 0.895 bits per heavy atom. The highest BCUT2D eigenvalue weighted by atomic mass is 16.4. The number of rotatable bonds is 9. The van der Waals surface area contributed by atoms with E-state index in [-0.39, 0.29) is 5.92 Å². The normalized spacial score (nSPS) is 12.5. The molecular weight excluding hydrogens is 238 g/mol. The summed E-state index contributed by atoms with van der Waals surface area (Å²) in [7, 11) is 8.50. The fourth-order valence-electron chi connectivity index (χ4n) is 1.72. The summed E-state index contributed by atoms with van der Waals surface area (Å²) >= 11 is 0. The lowest BCUT2D eigenvalue weighted by atomic mass is 9.96. The zero-order valence-corrected chi connectivity index (χ0v) is 14.0. The van der Waals surface area contributed by atoms with Gasteiger partial charge in [-0.25, -0.2) is 0 Å². The van der Waals surface area contributed by atoms with Crippen molar-refractivity contribution in [3.63, 3.8) is 0 Å². The van der Waals surface area contributed by atoms with Gasteiger partial charge in [0.2, 0.25) is 0 Å². The molecule has 0 saturated carbocycles. The van der Waals surface area contributed by atoms with Gasteiger partial charge in [-0.1, -0.05) is 52.4 Å². The van der Waals surface area contributed by atoms with Crippen molar-refractivity contribution in [1.82, 2.24) is 0 Å². The molecule has 0 N–H and O–H groups in total. The number of carbonyl (C=O) groups excluding carboxylic acids is 1. The number of nitrogens with zero attached hydrogens (tertiary/aromatic N) is 1. The number of carbonyl (C=O) groups is 1. The minimum absolute atomic E-state index is 0.207. The number of carboxylic acid groups (broad SMARTS) is 1. The van der Waals surface area contributed by atoms with Crippen molar-refractivity contribution in [3.05, 3.63) is 0 Å². The molecule has 0 rings (SSSR count). The number of aliphatic carboxylic acids is 1. The van der Waals surface area contributed by atoms with Crippen LogP contribution < -0.4 is 5.11 Å². The number of hydrogen-bond donors (Lipinski definition) is 0. The molecule has 0 saturated heterocycles. The van der Waals surface area contributed by atoms with Crippen LogP contribution in [-0.4, -0.2) is 38.6 Å². The van der Waals surface area contributed by atoms with Gasteiger partial charge in [-0.05, 0) is 18.8 Å². The third kappa shape index (κ3) is 23.0. The molecule has 0 aromatic rings. The Kier molecular flexibility index (Phi) is 13.6. The smallest absolute Gasteiger partial charge is 0.0675 e. The van der Waals surface area contributed by atoms with E-state index in [1.165, 1.54) is 25.7 Å². The molecule has 0 heterocycles. The van der Waals surface area contributed by atoms with Crippen LogP contribution in [0.3, 0.4) is 0 Å². The summed E-state index contributed by atoms with van der Waals surface area (Å²) in [6, 6.07) is 0. The van der Waals surface area contributed by atoms with Crippen LogP contribution in [0.5, 0.6) is 0 Å². The second kappa shape index (κ2) is 12.5. The lowest BCUT2D eigenvalue weighted by Crippen LogP contribution is -2.31. The summed E-state index contributed by atoms with van der Waals surface area (Å²) in [6.45, 7) is 4.20. The van der Waals surface area contributed by atoms with Crippen molar-refractivity contribution in [2.75, 3.05) is 28.2 Å². The summed E-state index contributed by atoms with van der Waals surface area (Å²) in [5.74, 6) is -1.07. The molecule has 0 radical (unpaired) electrons. The van der Waals surface area contributed by atoms with Crippen LogP contribution in [0.15, 0.2) is 0 Å². The van der Waals surface area contributed by atoms with Gasteiger partial charge in [0.25, 0.3) is 0 Å². The van der Waals surface area contributed by atoms with E-state index in [2.05, 4.69) is 35.1 Å². The summed E-state index contributed by atoms with van der Waals surface area (Å²) in [5.41, 5.74) is 0. The monoisotopic (exact) mass is 273 g/mol. The largest absolute Gasteiger partial charge is 0.550 e. The molecule has 1 unspecified atom stereocenters. The van der Waals surface area contributed by atoms with Gasteiger partial charge in [-0.3, -0.25) is 0 Å². The molecule has 0 aliphatic carbocycles. The maximum Gasteiger partial charge on any atom is 0.0675 e. The van der Waals surface area contributed by atoms with Crippen molar-refractivity contribution in [2.24, 2.45) is 5.92 Å². The van der Waals surface area contributed by atoms with Gasteiger partial charge in [0, 0.05) is 5.97 Å². The number of hydrogen-bond acceptors (Lipinski definition) is 2. The Labute approximate surface area is 120 Å². The van der Waals surface area contributed by atoms with Gasteiger partial charge in [0.1, 0.15) is 0 Å². The standard InChI is InChI=1S/C12H24O2.C4H12N/c1-3-5-6-7-8-10-11(9-4-2)12(13)14;1-5(2,3)4/h11H,3-10H2,1-2H3,(H,13,14);1-4H3/q;+1/p-1. The van der Waals surface area contributed by atoms with Crippen molar-refractivity contribution in [1.29, 1.82) is 0 Å². The van der Waals surface area contributed by atoms with E-state index in [1.807, 2.05) is 6.92 Å². The Hall–Kier alpha value is -0.570. The van der Waals surface area contributed by atoms with Crippen LogP contribution in [0.25, 0.3) is 0 Å². The van der Waals surface area contributed by atoms with Crippen molar-refractivity contribution >= 4 is 5.97 Å². The topological polar surface area (TPSA) is 40.1 Å². The van der Waals surface area contributed by atoms with Crippen molar-refractivity contribution < 1.29 is 14.4 Å².